The van der Waals surface area contributed by atoms with E-state index in [-0.39, 0.29) is 23.2 Å². The maximum absolute atomic E-state index is 14.1. The number of fused-ring (bicyclic) bond motifs is 3. The van der Waals surface area contributed by atoms with Crippen molar-refractivity contribution in [2.45, 2.75) is 61.2 Å². The smallest absolute Gasteiger partial charge is 0.241 e. The van der Waals surface area contributed by atoms with Gasteiger partial charge in [-0.2, -0.15) is 5.10 Å². The highest BCUT2D eigenvalue weighted by atomic mass is 32.2. The van der Waals surface area contributed by atoms with E-state index in [2.05, 4.69) is 57.9 Å². The average Bonchev–Trinajstić information content (AvgIpc) is 3.50. The van der Waals surface area contributed by atoms with Gasteiger partial charge in [0.1, 0.15) is 17.2 Å². The molecule has 0 unspecified atom stereocenters. The molecule has 3 aliphatic rings. The summed E-state index contributed by atoms with van der Waals surface area (Å²) in [5.41, 5.74) is 2.21. The molecule has 3 aromatic rings. The summed E-state index contributed by atoms with van der Waals surface area (Å²) in [6.45, 7) is 14.6. The van der Waals surface area contributed by atoms with Crippen LogP contribution in [-0.4, -0.2) is 106 Å². The minimum absolute atomic E-state index is 0.0799. The molecule has 0 saturated carbocycles. The molecule has 10 nitrogen and oxygen atoms in total. The third-order valence-corrected chi connectivity index (χ3v) is 9.18. The number of morpholine rings is 1. The van der Waals surface area contributed by atoms with Crippen molar-refractivity contribution in [1.82, 2.24) is 34.7 Å². The minimum Gasteiger partial charge on any atom is -0.379 e. The normalized spacial score (nSPS) is 25.4. The highest BCUT2D eigenvalue weighted by molar-refractivity contribution is 7.99. The van der Waals surface area contributed by atoms with Crippen molar-refractivity contribution >= 4 is 29.0 Å². The first-order valence-electron chi connectivity index (χ1n) is 14.0. The second-order valence-corrected chi connectivity index (χ2v) is 12.9. The van der Waals surface area contributed by atoms with Gasteiger partial charge < -0.3 is 15.0 Å². The molecule has 3 aliphatic heterocycles. The molecule has 0 spiro atoms. The molecule has 0 aromatic carbocycles. The number of hydrogen-bond acceptors (Lipinski definition) is 9. The van der Waals surface area contributed by atoms with Crippen molar-refractivity contribution in [3.8, 4) is 0 Å². The van der Waals surface area contributed by atoms with Crippen LogP contribution >= 0.6 is 11.8 Å². The molecule has 6 heterocycles. The summed E-state index contributed by atoms with van der Waals surface area (Å²) in [6, 6.07) is 5.99. The Hall–Kier alpha value is -2.64. The molecule has 12 heteroatoms. The van der Waals surface area contributed by atoms with Crippen LogP contribution in [0.4, 0.5) is 10.1 Å². The fourth-order valence-corrected chi connectivity index (χ4v) is 7.00. The molecule has 0 radical (unpaired) electrons. The Kier molecular flexibility index (Phi) is 7.55. The first-order chi connectivity index (χ1) is 19.2. The molecule has 40 heavy (non-hydrogen) atoms. The van der Waals surface area contributed by atoms with Crippen LogP contribution in [0, 0.1) is 5.82 Å². The molecule has 2 saturated heterocycles. The first kappa shape index (κ1) is 27.5. The molecular weight excluding hydrogens is 531 g/mol. The highest BCUT2D eigenvalue weighted by Gasteiger charge is 2.42. The molecule has 1 amide bonds. The topological polar surface area (TPSA) is 91.1 Å². The number of halogens is 1. The Morgan fingerprint density at radius 2 is 2.10 bits per heavy atom. The van der Waals surface area contributed by atoms with Gasteiger partial charge in [0.25, 0.3) is 0 Å². The Morgan fingerprint density at radius 3 is 2.88 bits per heavy atom. The molecule has 3 aromatic heterocycles. The van der Waals surface area contributed by atoms with Gasteiger partial charge in [-0.3, -0.25) is 14.6 Å². The predicted molar refractivity (Wildman–Crippen MR) is 151 cm³/mol. The number of piperazine rings is 1. The van der Waals surface area contributed by atoms with E-state index in [1.54, 1.807) is 6.07 Å². The van der Waals surface area contributed by atoms with E-state index in [1.807, 2.05) is 15.5 Å². The van der Waals surface area contributed by atoms with Gasteiger partial charge in [0, 0.05) is 56.3 Å². The van der Waals surface area contributed by atoms with Crippen molar-refractivity contribution in [2.75, 3.05) is 57.4 Å². The molecule has 0 aliphatic carbocycles. The zero-order chi connectivity index (χ0) is 28.0. The van der Waals surface area contributed by atoms with Gasteiger partial charge in [0.05, 0.1) is 42.2 Å². The van der Waals surface area contributed by atoms with Crippen LogP contribution in [0.5, 0.6) is 0 Å². The maximum atomic E-state index is 14.1. The quantitative estimate of drug-likeness (QED) is 0.482. The Labute approximate surface area is 238 Å². The second kappa shape index (κ2) is 11.0. The third kappa shape index (κ3) is 5.35. The number of ether oxygens (including phenoxy) is 1. The van der Waals surface area contributed by atoms with Crippen molar-refractivity contribution in [2.24, 2.45) is 0 Å². The lowest BCUT2D eigenvalue weighted by atomic mass is 9.91. The van der Waals surface area contributed by atoms with Gasteiger partial charge >= 0.3 is 0 Å². The fourth-order valence-electron chi connectivity index (χ4n) is 6.13. The molecule has 214 valence electrons. The highest BCUT2D eigenvalue weighted by Crippen LogP contribution is 2.44. The van der Waals surface area contributed by atoms with Crippen molar-refractivity contribution < 1.29 is 13.9 Å². The SMILES string of the molecule is C[C@@H]1CN(CC(=O)N2CC(C)(C)c3c2cc(Sc2ccc(F)cn2)c2ncnn32)[C@@H](CN2CCOC[C@H]2C)CN1. The number of aromatic nitrogens is 4. The number of carbonyl (C=O) groups is 1. The van der Waals surface area contributed by atoms with Crippen molar-refractivity contribution in [3.05, 3.63) is 42.2 Å². The van der Waals surface area contributed by atoms with Gasteiger partial charge in [0.2, 0.25) is 5.91 Å². The molecule has 0 bridgehead atoms. The lowest BCUT2D eigenvalue weighted by Crippen LogP contribution is -2.62. The number of anilines is 1. The van der Waals surface area contributed by atoms with Gasteiger partial charge in [-0.15, -0.1) is 0 Å². The van der Waals surface area contributed by atoms with Crippen molar-refractivity contribution in [1.29, 1.82) is 0 Å². The Bertz CT molecular complexity index is 1380. The Balaban J connectivity index is 1.28. The lowest BCUT2D eigenvalue weighted by molar-refractivity contribution is -0.121. The van der Waals surface area contributed by atoms with Crippen LogP contribution in [0.25, 0.3) is 5.65 Å². The number of hydrogen-bond donors (Lipinski definition) is 1. The average molecular weight is 569 g/mol. The molecule has 1 N–H and O–H groups in total. The van der Waals surface area contributed by atoms with E-state index in [1.165, 1.54) is 30.4 Å². The summed E-state index contributed by atoms with van der Waals surface area (Å²) in [4.78, 5) is 30.4. The van der Waals surface area contributed by atoms with Crippen LogP contribution in [0.3, 0.4) is 0 Å². The summed E-state index contributed by atoms with van der Waals surface area (Å²) in [7, 11) is 0. The minimum atomic E-state index is -0.381. The monoisotopic (exact) mass is 568 g/mol. The number of nitrogens with zero attached hydrogens (tertiary/aromatic N) is 7. The zero-order valence-electron chi connectivity index (χ0n) is 23.5. The largest absolute Gasteiger partial charge is 0.379 e. The van der Waals surface area contributed by atoms with Gasteiger partial charge in [-0.05, 0) is 32.0 Å². The van der Waals surface area contributed by atoms with Gasteiger partial charge in [-0.25, -0.2) is 18.9 Å². The summed E-state index contributed by atoms with van der Waals surface area (Å²) in [5.74, 6) is -0.302. The van der Waals surface area contributed by atoms with E-state index < -0.39 is 0 Å². The Morgan fingerprint density at radius 1 is 1.25 bits per heavy atom. The van der Waals surface area contributed by atoms with E-state index in [0.717, 1.165) is 55.7 Å². The maximum Gasteiger partial charge on any atom is 0.241 e. The number of nitrogens with one attached hydrogen (secondary N) is 1. The summed E-state index contributed by atoms with van der Waals surface area (Å²) in [5, 5.41) is 8.81. The van der Waals surface area contributed by atoms with Crippen molar-refractivity contribution in [3.63, 3.8) is 0 Å². The van der Waals surface area contributed by atoms with E-state index >= 15 is 0 Å². The van der Waals surface area contributed by atoms with E-state index in [4.69, 9.17) is 4.74 Å². The fraction of sp³-hybridized carbons (Fsp3) is 0.571. The molecule has 2 fully saturated rings. The second-order valence-electron chi connectivity index (χ2n) is 11.8. The molecule has 3 atom stereocenters. The number of carbonyl (C=O) groups excluding carboxylic acids is 1. The summed E-state index contributed by atoms with van der Waals surface area (Å²) in [6.07, 6.45) is 2.75. The number of rotatable bonds is 6. The standard InChI is InChI=1S/C28H37FN8O2S/c1-18-12-35(21(11-30-18)13-34-7-8-39-15-19(34)2)14-25(38)36-16-28(3,4)26-22(36)9-23(27-32-17-33-37(26)27)40-24-6-5-20(29)10-31-24/h5-6,9-10,17-19,21,30H,7-8,11-16H2,1-4H3/t18-,19-,21-/m1/s1. The van der Waals surface area contributed by atoms with E-state index in [9.17, 15) is 9.18 Å². The van der Waals surface area contributed by atoms with Crippen LogP contribution in [0.2, 0.25) is 0 Å². The van der Waals surface area contributed by atoms with Gasteiger partial charge in [0.15, 0.2) is 5.65 Å². The third-order valence-electron chi connectivity index (χ3n) is 8.21. The number of pyridine rings is 2. The molecule has 6 rings (SSSR count). The lowest BCUT2D eigenvalue weighted by Gasteiger charge is -2.43. The first-order valence-corrected chi connectivity index (χ1v) is 14.8. The summed E-state index contributed by atoms with van der Waals surface area (Å²) < 4.78 is 21.0. The van der Waals surface area contributed by atoms with Crippen LogP contribution in [0.1, 0.15) is 33.4 Å². The van der Waals surface area contributed by atoms with Gasteiger partial charge in [-0.1, -0.05) is 25.6 Å². The predicted octanol–water partition coefficient (Wildman–Crippen LogP) is 2.42. The van der Waals surface area contributed by atoms with E-state index in [0.29, 0.717) is 35.8 Å². The summed E-state index contributed by atoms with van der Waals surface area (Å²) >= 11 is 1.39. The number of amides is 1. The van der Waals surface area contributed by atoms with Crippen LogP contribution < -0.4 is 10.2 Å². The molecular formula is C28H37FN8O2S. The van der Waals surface area contributed by atoms with Crippen LogP contribution in [-0.2, 0) is 14.9 Å². The van der Waals surface area contributed by atoms with Crippen LogP contribution in [0.15, 0.2) is 40.6 Å². The zero-order valence-corrected chi connectivity index (χ0v) is 24.3.